The number of nitrogens with two attached hydrogens (primary N) is 1. The minimum Gasteiger partial charge on any atom is -0.456 e. The molecule has 1 atom stereocenters. The summed E-state index contributed by atoms with van der Waals surface area (Å²) in [5.74, 6) is -0.148. The third-order valence-electron chi connectivity index (χ3n) is 6.08. The lowest BCUT2D eigenvalue weighted by atomic mass is 10.0. The fourth-order valence-corrected chi connectivity index (χ4v) is 5.53. The van der Waals surface area contributed by atoms with Crippen molar-refractivity contribution in [3.05, 3.63) is 51.7 Å². The molecule has 1 aliphatic rings. The fourth-order valence-electron chi connectivity index (χ4n) is 4.24. The summed E-state index contributed by atoms with van der Waals surface area (Å²) in [4.78, 5) is 36.8. The van der Waals surface area contributed by atoms with E-state index in [-0.39, 0.29) is 18.4 Å². The summed E-state index contributed by atoms with van der Waals surface area (Å²) < 4.78 is 5.51. The smallest absolute Gasteiger partial charge is 0.329 e. The van der Waals surface area contributed by atoms with Gasteiger partial charge in [0.15, 0.2) is 12.4 Å². The van der Waals surface area contributed by atoms with Gasteiger partial charge in [-0.1, -0.05) is 38.5 Å². The van der Waals surface area contributed by atoms with E-state index in [0.717, 1.165) is 35.0 Å². The van der Waals surface area contributed by atoms with Crippen molar-refractivity contribution in [2.45, 2.75) is 65.5 Å². The number of ether oxygens (including phenoxy) is 1. The van der Waals surface area contributed by atoms with Crippen molar-refractivity contribution >= 4 is 39.2 Å². The summed E-state index contributed by atoms with van der Waals surface area (Å²) in [6, 6.07) is 6.48. The molecule has 4 rings (SSSR count). The molecule has 2 aromatic heterocycles. The third kappa shape index (κ3) is 5.00. The molecule has 0 fully saturated rings. The van der Waals surface area contributed by atoms with E-state index >= 15 is 0 Å². The van der Waals surface area contributed by atoms with Gasteiger partial charge in [-0.25, -0.2) is 14.8 Å². The van der Waals surface area contributed by atoms with Gasteiger partial charge in [-0.3, -0.25) is 4.79 Å². The van der Waals surface area contributed by atoms with Crippen molar-refractivity contribution in [1.82, 2.24) is 15.3 Å². The molecule has 8 heteroatoms. The van der Waals surface area contributed by atoms with Crippen LogP contribution in [-0.2, 0) is 29.0 Å². The largest absolute Gasteiger partial charge is 0.456 e. The van der Waals surface area contributed by atoms with E-state index in [1.54, 1.807) is 23.5 Å². The average Bonchev–Trinajstić information content (AvgIpc) is 2.97. The van der Waals surface area contributed by atoms with E-state index in [0.29, 0.717) is 17.2 Å². The summed E-state index contributed by atoms with van der Waals surface area (Å²) in [6.07, 6.45) is 5.63. The third-order valence-corrected chi connectivity index (χ3v) is 7.27. The maximum Gasteiger partial charge on any atom is 0.329 e. The SMILES string of the molecule is Cc1ccccc1C(=O)N[C@H](C(=O)OCc1nc(N)c2c3c(sc2n1)CCCCC3)C(C)C. The van der Waals surface area contributed by atoms with Gasteiger partial charge in [-0.2, -0.15) is 0 Å². The number of amides is 1. The lowest BCUT2D eigenvalue weighted by molar-refractivity contribution is -0.148. The minimum absolute atomic E-state index is 0.0923. The summed E-state index contributed by atoms with van der Waals surface area (Å²) in [7, 11) is 0. The number of nitrogens with zero attached hydrogens (tertiary/aromatic N) is 2. The van der Waals surface area contributed by atoms with Gasteiger partial charge in [0.2, 0.25) is 0 Å². The second-order valence-corrected chi connectivity index (χ2v) is 9.97. The average molecular weight is 467 g/mol. The van der Waals surface area contributed by atoms with Crippen LogP contribution in [0.25, 0.3) is 10.2 Å². The number of esters is 1. The first kappa shape index (κ1) is 23.2. The number of fused-ring (bicyclic) bond motifs is 3. The highest BCUT2D eigenvalue weighted by molar-refractivity contribution is 7.19. The predicted molar refractivity (Wildman–Crippen MR) is 130 cm³/mol. The first-order chi connectivity index (χ1) is 15.8. The van der Waals surface area contributed by atoms with Crippen LogP contribution in [0.4, 0.5) is 5.82 Å². The zero-order valence-corrected chi connectivity index (χ0v) is 20.1. The Labute approximate surface area is 197 Å². The Hall–Kier alpha value is -3.00. The van der Waals surface area contributed by atoms with Gasteiger partial charge >= 0.3 is 5.97 Å². The first-order valence-electron chi connectivity index (χ1n) is 11.4. The van der Waals surface area contributed by atoms with E-state index in [1.165, 1.54) is 23.3 Å². The molecule has 0 saturated heterocycles. The molecule has 0 aliphatic heterocycles. The summed E-state index contributed by atoms with van der Waals surface area (Å²) in [5, 5.41) is 3.77. The van der Waals surface area contributed by atoms with Crippen LogP contribution < -0.4 is 11.1 Å². The lowest BCUT2D eigenvalue weighted by Crippen LogP contribution is -2.45. The first-order valence-corrected chi connectivity index (χ1v) is 12.3. The van der Waals surface area contributed by atoms with Crippen molar-refractivity contribution in [2.24, 2.45) is 5.92 Å². The van der Waals surface area contributed by atoms with Gasteiger partial charge < -0.3 is 15.8 Å². The zero-order valence-electron chi connectivity index (χ0n) is 19.3. The highest BCUT2D eigenvalue weighted by atomic mass is 32.1. The van der Waals surface area contributed by atoms with Crippen molar-refractivity contribution in [3.63, 3.8) is 0 Å². The number of nitrogens with one attached hydrogen (secondary N) is 1. The number of anilines is 1. The molecule has 7 nitrogen and oxygen atoms in total. The molecule has 1 aromatic carbocycles. The standard InChI is InChI=1S/C25H30N4O3S/c1-14(2)21(29-23(30)16-10-8-7-9-15(16)3)25(31)32-13-19-27-22(26)20-17-11-5-4-6-12-18(17)33-24(20)28-19/h7-10,14,21H,4-6,11-13H2,1-3H3,(H,29,30)(H2,26,27,28)/t21-/m0/s1. The van der Waals surface area contributed by atoms with Crippen LogP contribution in [0.3, 0.4) is 0 Å². The van der Waals surface area contributed by atoms with Crippen LogP contribution in [0.15, 0.2) is 24.3 Å². The summed E-state index contributed by atoms with van der Waals surface area (Å²) in [5.41, 5.74) is 8.96. The van der Waals surface area contributed by atoms with Gasteiger partial charge in [0.05, 0.1) is 5.39 Å². The Morgan fingerprint density at radius 1 is 1.15 bits per heavy atom. The van der Waals surface area contributed by atoms with E-state index < -0.39 is 12.0 Å². The number of carbonyl (C=O) groups is 2. The number of aromatic nitrogens is 2. The number of benzene rings is 1. The molecule has 1 aliphatic carbocycles. The fraction of sp³-hybridized carbons (Fsp3) is 0.440. The van der Waals surface area contributed by atoms with E-state index in [4.69, 9.17) is 10.5 Å². The van der Waals surface area contributed by atoms with Crippen molar-refractivity contribution < 1.29 is 14.3 Å². The predicted octanol–water partition coefficient (Wildman–Crippen LogP) is 4.35. The van der Waals surface area contributed by atoms with Gasteiger partial charge in [-0.05, 0) is 55.7 Å². The van der Waals surface area contributed by atoms with Gasteiger partial charge in [0.25, 0.3) is 5.91 Å². The number of nitrogen functional groups attached to an aromatic ring is 1. The summed E-state index contributed by atoms with van der Waals surface area (Å²) in [6.45, 7) is 5.50. The molecule has 0 unspecified atom stereocenters. The Bertz CT molecular complexity index is 1190. The molecule has 0 radical (unpaired) electrons. The van der Waals surface area contributed by atoms with Crippen molar-refractivity contribution in [1.29, 1.82) is 0 Å². The molecule has 33 heavy (non-hydrogen) atoms. The maximum atomic E-state index is 12.8. The number of carbonyl (C=O) groups excluding carboxylic acids is 2. The molecule has 0 bridgehead atoms. The van der Waals surface area contributed by atoms with Crippen molar-refractivity contribution in [3.8, 4) is 0 Å². The van der Waals surface area contributed by atoms with Gasteiger partial charge in [0.1, 0.15) is 16.7 Å². The summed E-state index contributed by atoms with van der Waals surface area (Å²) >= 11 is 1.67. The maximum absolute atomic E-state index is 12.8. The number of hydrogen-bond acceptors (Lipinski definition) is 7. The van der Waals surface area contributed by atoms with Crippen LogP contribution in [0.5, 0.6) is 0 Å². The molecule has 2 heterocycles. The van der Waals surface area contributed by atoms with Crippen LogP contribution >= 0.6 is 11.3 Å². The van der Waals surface area contributed by atoms with E-state index in [2.05, 4.69) is 15.3 Å². The normalized spacial score (nSPS) is 14.5. The molecule has 3 N–H and O–H groups in total. The van der Waals surface area contributed by atoms with Crippen LogP contribution in [0.1, 0.15) is 65.3 Å². The number of aryl methyl sites for hydroxylation is 3. The Balaban J connectivity index is 1.47. The quantitative estimate of drug-likeness (QED) is 0.413. The number of thiophene rings is 1. The Morgan fingerprint density at radius 3 is 2.67 bits per heavy atom. The highest BCUT2D eigenvalue weighted by Crippen LogP contribution is 2.37. The lowest BCUT2D eigenvalue weighted by Gasteiger charge is -2.21. The number of hydrogen-bond donors (Lipinski definition) is 2. The molecular formula is C25H30N4O3S. The van der Waals surface area contributed by atoms with Crippen molar-refractivity contribution in [2.75, 3.05) is 5.73 Å². The second kappa shape index (κ2) is 9.87. The molecule has 174 valence electrons. The molecule has 0 spiro atoms. The number of rotatable bonds is 6. The highest BCUT2D eigenvalue weighted by Gasteiger charge is 2.27. The van der Waals surface area contributed by atoms with Crippen LogP contribution in [0.2, 0.25) is 0 Å². The molecule has 1 amide bonds. The zero-order chi connectivity index (χ0) is 23.5. The van der Waals surface area contributed by atoms with E-state index in [1.807, 2.05) is 32.9 Å². The molecular weight excluding hydrogens is 436 g/mol. The topological polar surface area (TPSA) is 107 Å². The Kier molecular flexibility index (Phi) is 6.93. The second-order valence-electron chi connectivity index (χ2n) is 8.89. The Morgan fingerprint density at radius 2 is 1.91 bits per heavy atom. The molecule has 3 aromatic rings. The van der Waals surface area contributed by atoms with Gasteiger partial charge in [0, 0.05) is 10.4 Å². The molecule has 0 saturated carbocycles. The van der Waals surface area contributed by atoms with E-state index in [9.17, 15) is 9.59 Å². The van der Waals surface area contributed by atoms with Gasteiger partial charge in [-0.15, -0.1) is 11.3 Å². The monoisotopic (exact) mass is 466 g/mol. The minimum atomic E-state index is -0.781. The van der Waals surface area contributed by atoms with Crippen LogP contribution in [-0.4, -0.2) is 27.9 Å². The van der Waals surface area contributed by atoms with Crippen LogP contribution in [0, 0.1) is 12.8 Å².